The quantitative estimate of drug-likeness (QED) is 0.126. The number of pyridine rings is 1. The van der Waals surface area contributed by atoms with Crippen molar-refractivity contribution < 1.29 is 54.8 Å². The van der Waals surface area contributed by atoms with Gasteiger partial charge in [-0.15, -0.1) is 26.3 Å². The molecule has 5 rings (SSSR count). The number of rotatable bonds is 8. The van der Waals surface area contributed by atoms with Crippen LogP contribution >= 0.6 is 0 Å². The second-order valence-corrected chi connectivity index (χ2v) is 10.0. The van der Waals surface area contributed by atoms with Crippen molar-refractivity contribution in [1.29, 1.82) is 0 Å². The molecule has 13 heteroatoms. The van der Waals surface area contributed by atoms with Gasteiger partial charge in [-0.3, -0.25) is 0 Å². The molecule has 236 valence electrons. The van der Waals surface area contributed by atoms with Gasteiger partial charge in [0.2, 0.25) is 0 Å². The largest absolute Gasteiger partial charge is 0.573 e. The fourth-order valence-electron chi connectivity index (χ4n) is 5.09. The molecule has 0 saturated carbocycles. The van der Waals surface area contributed by atoms with Crippen molar-refractivity contribution in [1.82, 2.24) is 4.40 Å². The van der Waals surface area contributed by atoms with E-state index in [0.717, 1.165) is 24.3 Å². The van der Waals surface area contributed by atoms with Crippen LogP contribution in [-0.4, -0.2) is 43.4 Å². The van der Waals surface area contributed by atoms with Crippen LogP contribution in [0.2, 0.25) is 0 Å². The van der Waals surface area contributed by atoms with E-state index in [1.165, 1.54) is 38.5 Å². The Morgan fingerprint density at radius 1 is 0.733 bits per heavy atom. The summed E-state index contributed by atoms with van der Waals surface area (Å²) in [5.74, 6) is -0.900. The van der Waals surface area contributed by atoms with E-state index in [0.29, 0.717) is 44.5 Å². The van der Waals surface area contributed by atoms with E-state index >= 15 is 0 Å². The summed E-state index contributed by atoms with van der Waals surface area (Å²) in [5.41, 5.74) is 1.77. The number of fused-ring (bicyclic) bond motifs is 3. The number of benzene rings is 3. The third-order valence-corrected chi connectivity index (χ3v) is 6.69. The Balaban J connectivity index is 1.87. The van der Waals surface area contributed by atoms with Crippen LogP contribution in [0.25, 0.3) is 38.5 Å². The van der Waals surface area contributed by atoms with Crippen molar-refractivity contribution in [2.75, 3.05) is 14.2 Å². The molecule has 45 heavy (non-hydrogen) atoms. The average molecular weight is 634 g/mol. The summed E-state index contributed by atoms with van der Waals surface area (Å²) in [4.78, 5) is 13.4. The van der Waals surface area contributed by atoms with Gasteiger partial charge in [0.15, 0.2) is 11.5 Å². The zero-order valence-electron chi connectivity index (χ0n) is 24.2. The number of alkyl halides is 6. The summed E-state index contributed by atoms with van der Waals surface area (Å²) >= 11 is 0. The molecular weight excluding hydrogens is 608 g/mol. The minimum absolute atomic E-state index is 0.0194. The Morgan fingerprint density at radius 2 is 1.27 bits per heavy atom. The van der Waals surface area contributed by atoms with E-state index in [4.69, 9.17) is 14.2 Å². The van der Waals surface area contributed by atoms with Gasteiger partial charge in [0, 0.05) is 22.7 Å². The maximum absolute atomic E-state index is 13.4. The molecule has 0 bridgehead atoms. The molecule has 0 spiro atoms. The smallest absolute Gasteiger partial charge is 0.493 e. The van der Waals surface area contributed by atoms with E-state index < -0.39 is 30.2 Å². The van der Waals surface area contributed by atoms with E-state index in [2.05, 4.69) is 9.47 Å². The summed E-state index contributed by atoms with van der Waals surface area (Å²) < 4.78 is 104. The topological polar surface area (TPSA) is 67.6 Å². The molecule has 7 nitrogen and oxygen atoms in total. The van der Waals surface area contributed by atoms with Gasteiger partial charge in [0.1, 0.15) is 17.2 Å². The molecule has 0 aliphatic heterocycles. The standard InChI is InChI=1S/C32H25F6NO6/c1-17(2)43-25-15-20-13-14-39-28(23(20)16-24(25)41-3)26(18-5-9-21(10-6-18)44-31(33,34)35)27(29(39)30(40)42-4)19-7-11-22(12-8-19)45-32(36,37)38/h5-17H,1-4H3. The minimum Gasteiger partial charge on any atom is -0.493 e. The minimum atomic E-state index is -4.93. The van der Waals surface area contributed by atoms with Gasteiger partial charge < -0.3 is 28.1 Å². The lowest BCUT2D eigenvalue weighted by Crippen LogP contribution is -2.17. The van der Waals surface area contributed by atoms with Gasteiger partial charge in [-0.2, -0.15) is 0 Å². The molecule has 0 amide bonds. The van der Waals surface area contributed by atoms with Gasteiger partial charge in [-0.1, -0.05) is 24.3 Å². The van der Waals surface area contributed by atoms with E-state index in [-0.39, 0.29) is 17.4 Å². The number of hydrogen-bond acceptors (Lipinski definition) is 6. The van der Waals surface area contributed by atoms with Crippen molar-refractivity contribution in [2.45, 2.75) is 32.7 Å². The lowest BCUT2D eigenvalue weighted by molar-refractivity contribution is -0.275. The monoisotopic (exact) mass is 633 g/mol. The van der Waals surface area contributed by atoms with Gasteiger partial charge in [0.05, 0.1) is 25.8 Å². The van der Waals surface area contributed by atoms with E-state index in [1.54, 1.807) is 28.8 Å². The van der Waals surface area contributed by atoms with Crippen molar-refractivity contribution in [3.8, 4) is 45.3 Å². The second-order valence-electron chi connectivity index (χ2n) is 10.0. The first-order chi connectivity index (χ1) is 21.2. The van der Waals surface area contributed by atoms with Crippen LogP contribution in [0.15, 0.2) is 72.9 Å². The predicted octanol–water partition coefficient (Wildman–Crippen LogP) is 8.81. The highest BCUT2D eigenvalue weighted by Crippen LogP contribution is 2.46. The number of hydrogen-bond donors (Lipinski definition) is 0. The highest BCUT2D eigenvalue weighted by atomic mass is 19.4. The number of aromatic nitrogens is 1. The molecule has 0 atom stereocenters. The zero-order valence-corrected chi connectivity index (χ0v) is 24.2. The number of ether oxygens (including phenoxy) is 5. The number of carbonyl (C=O) groups is 1. The van der Waals surface area contributed by atoms with Gasteiger partial charge in [-0.25, -0.2) is 4.79 Å². The lowest BCUT2D eigenvalue weighted by atomic mass is 9.94. The molecule has 0 unspecified atom stereocenters. The molecule has 3 aromatic carbocycles. The maximum atomic E-state index is 13.4. The van der Waals surface area contributed by atoms with Crippen molar-refractivity contribution in [3.63, 3.8) is 0 Å². The Morgan fingerprint density at radius 3 is 1.73 bits per heavy atom. The average Bonchev–Trinajstić information content (AvgIpc) is 3.31. The fourth-order valence-corrected chi connectivity index (χ4v) is 5.09. The van der Waals surface area contributed by atoms with Crippen LogP contribution in [0, 0.1) is 0 Å². The van der Waals surface area contributed by atoms with Crippen LogP contribution in [0.3, 0.4) is 0 Å². The van der Waals surface area contributed by atoms with Crippen LogP contribution in [-0.2, 0) is 4.74 Å². The summed E-state index contributed by atoms with van der Waals surface area (Å²) in [7, 11) is 2.64. The first-order valence-corrected chi connectivity index (χ1v) is 13.3. The molecule has 0 aliphatic rings. The number of nitrogens with zero attached hydrogens (tertiary/aromatic N) is 1. The number of esters is 1. The third-order valence-electron chi connectivity index (χ3n) is 6.69. The summed E-state index contributed by atoms with van der Waals surface area (Å²) in [6.07, 6.45) is -8.41. The molecule has 5 aromatic rings. The van der Waals surface area contributed by atoms with Gasteiger partial charge in [0.25, 0.3) is 0 Å². The molecule has 0 radical (unpaired) electrons. The Labute approximate surface area is 252 Å². The van der Waals surface area contributed by atoms with E-state index in [1.807, 2.05) is 13.8 Å². The third kappa shape index (κ3) is 6.56. The predicted molar refractivity (Wildman–Crippen MR) is 153 cm³/mol. The SMILES string of the molecule is COC(=O)c1c(-c2ccc(OC(F)(F)F)cc2)c(-c2ccc(OC(F)(F)F)cc2)c2c3cc(OC)c(OC(C)C)cc3ccn12. The first kappa shape index (κ1) is 31.4. The molecular formula is C32H25F6NO6. The highest BCUT2D eigenvalue weighted by molar-refractivity contribution is 6.14. The Bertz CT molecular complexity index is 1860. The first-order valence-electron chi connectivity index (χ1n) is 13.3. The van der Waals surface area contributed by atoms with Crippen LogP contribution in [0.1, 0.15) is 24.3 Å². The van der Waals surface area contributed by atoms with Crippen molar-refractivity contribution in [3.05, 3.63) is 78.6 Å². The maximum Gasteiger partial charge on any atom is 0.573 e. The van der Waals surface area contributed by atoms with Crippen LogP contribution < -0.4 is 18.9 Å². The van der Waals surface area contributed by atoms with Crippen molar-refractivity contribution in [2.24, 2.45) is 0 Å². The number of carbonyl (C=O) groups excluding carboxylic acids is 1. The molecule has 0 saturated heterocycles. The summed E-state index contributed by atoms with van der Waals surface area (Å²) in [6.45, 7) is 3.70. The number of halogens is 6. The molecule has 0 fully saturated rings. The lowest BCUT2D eigenvalue weighted by Gasteiger charge is -2.16. The normalized spacial score (nSPS) is 12.1. The summed E-state index contributed by atoms with van der Waals surface area (Å²) in [5, 5.41) is 1.25. The fraction of sp³-hybridized carbons (Fsp3) is 0.219. The molecule has 0 N–H and O–H groups in total. The Hall–Kier alpha value is -5.07. The number of methoxy groups -OCH3 is 2. The van der Waals surface area contributed by atoms with Crippen LogP contribution in [0.4, 0.5) is 26.3 Å². The van der Waals surface area contributed by atoms with Crippen LogP contribution in [0.5, 0.6) is 23.0 Å². The van der Waals surface area contributed by atoms with Gasteiger partial charge in [-0.05, 0) is 72.8 Å². The summed E-state index contributed by atoms with van der Waals surface area (Å²) in [6, 6.07) is 15.1. The highest BCUT2D eigenvalue weighted by Gasteiger charge is 2.33. The molecule has 2 heterocycles. The molecule has 2 aromatic heterocycles. The molecule has 0 aliphatic carbocycles. The second kappa shape index (κ2) is 11.8. The van der Waals surface area contributed by atoms with Crippen molar-refractivity contribution >= 4 is 22.3 Å². The van der Waals surface area contributed by atoms with Gasteiger partial charge >= 0.3 is 18.7 Å². The zero-order chi connectivity index (χ0) is 32.7. The Kier molecular flexibility index (Phi) is 8.21. The van der Waals surface area contributed by atoms with E-state index in [9.17, 15) is 31.1 Å².